The van der Waals surface area contributed by atoms with Gasteiger partial charge in [0, 0.05) is 50.2 Å². The quantitative estimate of drug-likeness (QED) is 0.368. The number of aromatic nitrogens is 5. The molecule has 3 fully saturated rings. The lowest BCUT2D eigenvalue weighted by molar-refractivity contribution is 0.122. The summed E-state index contributed by atoms with van der Waals surface area (Å²) in [4.78, 5) is 21.4. The molecule has 9 nitrogen and oxygen atoms in total. The first-order valence-corrected chi connectivity index (χ1v) is 13.7. The van der Waals surface area contributed by atoms with Crippen LogP contribution in [0, 0.1) is 6.92 Å². The minimum Gasteiger partial charge on any atom is -0.378 e. The molecule has 1 aromatic carbocycles. The van der Waals surface area contributed by atoms with Gasteiger partial charge in [-0.05, 0) is 56.3 Å². The molecule has 0 saturated carbocycles. The van der Waals surface area contributed by atoms with E-state index in [0.29, 0.717) is 0 Å². The predicted molar refractivity (Wildman–Crippen MR) is 146 cm³/mol. The number of hydrogen-bond acceptors (Lipinski definition) is 8. The van der Waals surface area contributed by atoms with Crippen molar-refractivity contribution < 1.29 is 4.74 Å². The zero-order valence-electron chi connectivity index (χ0n) is 21.1. The number of nitrogens with zero attached hydrogens (tertiary/aromatic N) is 8. The second-order valence-corrected chi connectivity index (χ2v) is 10.6. The molecule has 7 rings (SSSR count). The molecule has 0 aliphatic carbocycles. The molecule has 3 aromatic heterocycles. The van der Waals surface area contributed by atoms with Crippen LogP contribution in [-0.2, 0) is 4.74 Å². The maximum absolute atomic E-state index is 6.41. The smallest absolute Gasteiger partial charge is 0.224 e. The third kappa shape index (κ3) is 4.14. The number of rotatable bonds is 4. The zero-order valence-corrected chi connectivity index (χ0v) is 21.9. The number of fused-ring (bicyclic) bond motifs is 2. The van der Waals surface area contributed by atoms with Crippen LogP contribution in [0.25, 0.3) is 16.6 Å². The summed E-state index contributed by atoms with van der Waals surface area (Å²) in [5.74, 6) is 3.02. The second kappa shape index (κ2) is 9.29. The summed E-state index contributed by atoms with van der Waals surface area (Å²) in [6.07, 6.45) is 4.48. The van der Waals surface area contributed by atoms with Gasteiger partial charge in [-0.2, -0.15) is 14.6 Å². The molecule has 0 bridgehead atoms. The molecular formula is C27H31ClN8O. The highest BCUT2D eigenvalue weighted by Crippen LogP contribution is 2.38. The Bertz CT molecular complexity index is 1460. The zero-order chi connectivity index (χ0) is 24.9. The maximum Gasteiger partial charge on any atom is 0.224 e. The molecule has 10 heteroatoms. The van der Waals surface area contributed by atoms with Gasteiger partial charge in [0.25, 0.3) is 0 Å². The van der Waals surface area contributed by atoms with E-state index in [1.807, 2.05) is 10.6 Å². The van der Waals surface area contributed by atoms with Crippen LogP contribution in [0.1, 0.15) is 43.0 Å². The molecule has 1 unspecified atom stereocenters. The number of halogens is 1. The summed E-state index contributed by atoms with van der Waals surface area (Å²) < 4.78 is 7.67. The Hall–Kier alpha value is -3.17. The van der Waals surface area contributed by atoms with Gasteiger partial charge in [-0.25, -0.2) is 9.97 Å². The molecule has 37 heavy (non-hydrogen) atoms. The van der Waals surface area contributed by atoms with Gasteiger partial charge in [0.15, 0.2) is 5.65 Å². The second-order valence-electron chi connectivity index (χ2n) is 10.3. The van der Waals surface area contributed by atoms with Crippen molar-refractivity contribution in [3.8, 4) is 0 Å². The Kier molecular flexibility index (Phi) is 5.77. The van der Waals surface area contributed by atoms with E-state index in [2.05, 4.69) is 50.9 Å². The van der Waals surface area contributed by atoms with Crippen molar-refractivity contribution in [2.75, 3.05) is 60.6 Å². The Morgan fingerprint density at radius 2 is 1.76 bits per heavy atom. The largest absolute Gasteiger partial charge is 0.378 e. The van der Waals surface area contributed by atoms with E-state index < -0.39 is 0 Å². The van der Waals surface area contributed by atoms with Crippen LogP contribution in [0.3, 0.4) is 0 Å². The Balaban J connectivity index is 1.34. The van der Waals surface area contributed by atoms with Gasteiger partial charge in [-0.1, -0.05) is 11.6 Å². The summed E-state index contributed by atoms with van der Waals surface area (Å²) in [7, 11) is 0. The lowest BCUT2D eigenvalue weighted by atomic mass is 9.98. The Morgan fingerprint density at radius 1 is 0.892 bits per heavy atom. The first-order valence-electron chi connectivity index (χ1n) is 13.3. The lowest BCUT2D eigenvalue weighted by Crippen LogP contribution is -2.40. The molecule has 192 valence electrons. The highest BCUT2D eigenvalue weighted by atomic mass is 35.5. The van der Waals surface area contributed by atoms with Gasteiger partial charge in [0.2, 0.25) is 5.28 Å². The topological polar surface area (TPSA) is 74.9 Å². The summed E-state index contributed by atoms with van der Waals surface area (Å²) in [5, 5.41) is 6.50. The Labute approximate surface area is 221 Å². The summed E-state index contributed by atoms with van der Waals surface area (Å²) in [6, 6.07) is 10.7. The highest BCUT2D eigenvalue weighted by molar-refractivity contribution is 6.28. The highest BCUT2D eigenvalue weighted by Gasteiger charge is 2.31. The van der Waals surface area contributed by atoms with Gasteiger partial charge in [0.05, 0.1) is 30.5 Å². The summed E-state index contributed by atoms with van der Waals surface area (Å²) in [5.41, 5.74) is 3.97. The number of anilines is 3. The van der Waals surface area contributed by atoms with Crippen molar-refractivity contribution in [1.29, 1.82) is 0 Å². The van der Waals surface area contributed by atoms with Crippen molar-refractivity contribution in [3.05, 3.63) is 46.9 Å². The minimum absolute atomic E-state index is 0.0927. The molecular weight excluding hydrogens is 488 g/mol. The fourth-order valence-electron chi connectivity index (χ4n) is 5.76. The molecule has 0 N–H and O–H groups in total. The predicted octanol–water partition coefficient (Wildman–Crippen LogP) is 4.41. The van der Waals surface area contributed by atoms with E-state index >= 15 is 0 Å². The molecule has 3 aliphatic rings. The van der Waals surface area contributed by atoms with Crippen LogP contribution in [0.15, 0.2) is 30.3 Å². The van der Waals surface area contributed by atoms with Crippen LogP contribution in [0.2, 0.25) is 5.28 Å². The maximum atomic E-state index is 6.41. The molecule has 0 amide bonds. The first-order chi connectivity index (χ1) is 18.1. The summed E-state index contributed by atoms with van der Waals surface area (Å²) >= 11 is 6.41. The van der Waals surface area contributed by atoms with Crippen molar-refractivity contribution in [3.63, 3.8) is 0 Å². The van der Waals surface area contributed by atoms with Crippen molar-refractivity contribution in [2.24, 2.45) is 0 Å². The number of benzene rings is 1. The van der Waals surface area contributed by atoms with E-state index in [1.54, 1.807) is 0 Å². The SMILES string of the molecule is Cc1ccc2nc(Cl)nc(N3CCCCC3c3cc4nc(N5CCC5)cc(N5CCOCC5)n4n3)c2c1. The Morgan fingerprint density at radius 3 is 2.57 bits per heavy atom. The van der Waals surface area contributed by atoms with E-state index in [9.17, 15) is 0 Å². The average molecular weight is 519 g/mol. The standard InChI is InChI=1S/C27H31ClN8O/c1-18-6-7-20-19(15-18)26(31-27(28)29-20)35-10-3-2-5-22(35)21-16-24-30-23(33-8-4-9-33)17-25(36(24)32-21)34-11-13-37-14-12-34/h6-7,15-17,22H,2-5,8-14H2,1H3. The normalized spacial score (nSPS) is 20.6. The third-order valence-corrected chi connectivity index (χ3v) is 8.02. The van der Waals surface area contributed by atoms with Crippen LogP contribution in [0.5, 0.6) is 0 Å². The molecule has 3 aliphatic heterocycles. The van der Waals surface area contributed by atoms with E-state index in [-0.39, 0.29) is 11.3 Å². The third-order valence-electron chi connectivity index (χ3n) is 7.85. The number of ether oxygens (including phenoxy) is 1. The van der Waals surface area contributed by atoms with Crippen LogP contribution in [-0.4, -0.2) is 70.5 Å². The van der Waals surface area contributed by atoms with Crippen molar-refractivity contribution in [1.82, 2.24) is 24.6 Å². The monoisotopic (exact) mass is 518 g/mol. The van der Waals surface area contributed by atoms with Crippen LogP contribution >= 0.6 is 11.6 Å². The van der Waals surface area contributed by atoms with Gasteiger partial charge in [-0.3, -0.25) is 0 Å². The van der Waals surface area contributed by atoms with Gasteiger partial charge >= 0.3 is 0 Å². The molecule has 1 atom stereocenters. The number of aryl methyl sites for hydroxylation is 1. The van der Waals surface area contributed by atoms with E-state index in [1.165, 1.54) is 12.0 Å². The molecule has 4 aromatic rings. The van der Waals surface area contributed by atoms with E-state index in [4.69, 9.17) is 31.4 Å². The number of piperidine rings is 1. The van der Waals surface area contributed by atoms with Gasteiger partial charge in [-0.15, -0.1) is 0 Å². The van der Waals surface area contributed by atoms with Crippen molar-refractivity contribution >= 4 is 45.6 Å². The van der Waals surface area contributed by atoms with E-state index in [0.717, 1.165) is 105 Å². The lowest BCUT2D eigenvalue weighted by Gasteiger charge is -2.36. The van der Waals surface area contributed by atoms with Gasteiger partial charge in [0.1, 0.15) is 17.5 Å². The van der Waals surface area contributed by atoms with Crippen LogP contribution in [0.4, 0.5) is 17.5 Å². The number of hydrogen-bond donors (Lipinski definition) is 0. The van der Waals surface area contributed by atoms with Crippen molar-refractivity contribution in [2.45, 2.75) is 38.6 Å². The molecule has 0 radical (unpaired) electrons. The molecule has 0 spiro atoms. The molecule has 3 saturated heterocycles. The van der Waals surface area contributed by atoms with Crippen LogP contribution < -0.4 is 14.7 Å². The first kappa shape index (κ1) is 23.0. The molecule has 6 heterocycles. The average Bonchev–Trinajstić information content (AvgIpc) is 3.32. The number of morpholine rings is 1. The minimum atomic E-state index is 0.0927. The van der Waals surface area contributed by atoms with Gasteiger partial charge < -0.3 is 19.4 Å². The summed E-state index contributed by atoms with van der Waals surface area (Å²) in [6.45, 7) is 8.29. The fraction of sp³-hybridized carbons (Fsp3) is 0.481. The fourth-order valence-corrected chi connectivity index (χ4v) is 5.93.